The lowest BCUT2D eigenvalue weighted by atomic mass is 10.1. The van der Waals surface area contributed by atoms with E-state index in [1.54, 1.807) is 14.2 Å². The Morgan fingerprint density at radius 2 is 2.24 bits per heavy atom. The number of hydrogen-bond donors (Lipinski definition) is 2. The molecule has 8 heteroatoms. The maximum Gasteiger partial charge on any atom is 0.240 e. The highest BCUT2D eigenvalue weighted by atomic mass is 32.1. The topological polar surface area (TPSA) is 79.5 Å². The van der Waals surface area contributed by atoms with Gasteiger partial charge < -0.3 is 19.8 Å². The highest BCUT2D eigenvalue weighted by molar-refractivity contribution is 7.14. The van der Waals surface area contributed by atoms with Crippen LogP contribution < -0.4 is 14.8 Å². The number of methoxy groups -OCH3 is 2. The van der Waals surface area contributed by atoms with Crippen molar-refractivity contribution in [2.45, 2.75) is 18.9 Å². The van der Waals surface area contributed by atoms with Crippen molar-refractivity contribution in [3.63, 3.8) is 0 Å². The van der Waals surface area contributed by atoms with Gasteiger partial charge in [0.15, 0.2) is 5.13 Å². The maximum absolute atomic E-state index is 12.6. The van der Waals surface area contributed by atoms with Crippen LogP contribution in [0.15, 0.2) is 41.9 Å². The lowest BCUT2D eigenvalue weighted by molar-refractivity contribution is -0.117. The predicted molar refractivity (Wildman–Crippen MR) is 114 cm³/mol. The molecule has 0 saturated carbocycles. The molecule has 3 aromatic rings. The van der Waals surface area contributed by atoms with E-state index in [9.17, 15) is 4.79 Å². The highest BCUT2D eigenvalue weighted by Crippen LogP contribution is 2.35. The van der Waals surface area contributed by atoms with Crippen LogP contribution in [-0.4, -0.2) is 48.1 Å². The van der Waals surface area contributed by atoms with E-state index in [1.807, 2.05) is 35.8 Å². The summed E-state index contributed by atoms with van der Waals surface area (Å²) in [5, 5.41) is 5.43. The van der Waals surface area contributed by atoms with Gasteiger partial charge in [-0.15, -0.1) is 11.3 Å². The van der Waals surface area contributed by atoms with E-state index < -0.39 is 0 Å². The molecule has 0 bridgehead atoms. The number of amides is 1. The number of H-pyrrole nitrogens is 1. The summed E-state index contributed by atoms with van der Waals surface area (Å²) in [5.41, 5.74) is 2.78. The van der Waals surface area contributed by atoms with Crippen LogP contribution in [0.2, 0.25) is 0 Å². The van der Waals surface area contributed by atoms with Gasteiger partial charge in [0.2, 0.25) is 5.91 Å². The van der Waals surface area contributed by atoms with Crippen LogP contribution in [-0.2, 0) is 4.79 Å². The zero-order valence-electron chi connectivity index (χ0n) is 16.5. The average Bonchev–Trinajstić information content (AvgIpc) is 3.49. The Kier molecular flexibility index (Phi) is 5.82. The third-order valence-electron chi connectivity index (χ3n) is 5.13. The molecule has 1 aromatic carbocycles. The lowest BCUT2D eigenvalue weighted by Crippen LogP contribution is -2.33. The van der Waals surface area contributed by atoms with Crippen LogP contribution in [0.3, 0.4) is 0 Å². The monoisotopic (exact) mass is 412 g/mol. The van der Waals surface area contributed by atoms with Crippen molar-refractivity contribution >= 4 is 22.4 Å². The zero-order chi connectivity index (χ0) is 20.2. The summed E-state index contributed by atoms with van der Waals surface area (Å²) >= 11 is 1.40. The number of carbonyl (C=O) groups excluding carboxylic acids is 1. The third kappa shape index (κ3) is 4.28. The van der Waals surface area contributed by atoms with Crippen molar-refractivity contribution in [1.82, 2.24) is 14.9 Å². The number of nitrogens with one attached hydrogen (secondary N) is 2. The van der Waals surface area contributed by atoms with Crippen molar-refractivity contribution in [3.05, 3.63) is 47.6 Å². The van der Waals surface area contributed by atoms with Crippen LogP contribution in [0.5, 0.6) is 11.5 Å². The van der Waals surface area contributed by atoms with Crippen LogP contribution in [0.25, 0.3) is 11.3 Å². The molecule has 3 heterocycles. The van der Waals surface area contributed by atoms with Crippen molar-refractivity contribution in [3.8, 4) is 22.8 Å². The van der Waals surface area contributed by atoms with Gasteiger partial charge in [0.1, 0.15) is 11.5 Å². The Labute approximate surface area is 173 Å². The second-order valence-electron chi connectivity index (χ2n) is 6.91. The van der Waals surface area contributed by atoms with Crippen LogP contribution in [0.4, 0.5) is 5.13 Å². The number of likely N-dealkylation sites (tertiary alicyclic amines) is 1. The van der Waals surface area contributed by atoms with Crippen LogP contribution in [0.1, 0.15) is 24.6 Å². The third-order valence-corrected chi connectivity index (χ3v) is 5.88. The number of anilines is 1. The molecule has 0 spiro atoms. The van der Waals surface area contributed by atoms with Crippen LogP contribution in [0, 0.1) is 0 Å². The molecule has 2 aromatic heterocycles. The van der Waals surface area contributed by atoms with E-state index in [4.69, 9.17) is 9.47 Å². The Bertz CT molecular complexity index is 970. The molecule has 1 amide bonds. The molecule has 0 aliphatic carbocycles. The molecule has 1 aliphatic heterocycles. The Balaban J connectivity index is 1.42. The largest absolute Gasteiger partial charge is 0.497 e. The minimum atomic E-state index is -0.0500. The average molecular weight is 413 g/mol. The number of nitrogens with zero attached hydrogens (tertiary/aromatic N) is 2. The minimum absolute atomic E-state index is 0.0500. The van der Waals surface area contributed by atoms with Gasteiger partial charge in [-0.05, 0) is 43.7 Å². The van der Waals surface area contributed by atoms with Crippen molar-refractivity contribution < 1.29 is 14.3 Å². The fourth-order valence-corrected chi connectivity index (χ4v) is 4.45. The van der Waals surface area contributed by atoms with Crippen molar-refractivity contribution in [2.75, 3.05) is 32.6 Å². The number of hydrogen-bond acceptors (Lipinski definition) is 6. The van der Waals surface area contributed by atoms with Gasteiger partial charge in [-0.2, -0.15) is 0 Å². The number of ether oxygens (including phenoxy) is 2. The Morgan fingerprint density at radius 3 is 3.00 bits per heavy atom. The second-order valence-corrected chi connectivity index (χ2v) is 7.76. The molecule has 1 atom stereocenters. The fourth-order valence-electron chi connectivity index (χ4n) is 3.73. The summed E-state index contributed by atoms with van der Waals surface area (Å²) in [6.45, 7) is 1.27. The normalized spacial score (nSPS) is 16.7. The van der Waals surface area contributed by atoms with Gasteiger partial charge >= 0.3 is 0 Å². The van der Waals surface area contributed by atoms with Gasteiger partial charge in [0, 0.05) is 28.9 Å². The predicted octanol–water partition coefficient (Wildman–Crippen LogP) is 3.93. The smallest absolute Gasteiger partial charge is 0.240 e. The molecule has 0 radical (unpaired) electrons. The Hall–Kier alpha value is -2.84. The summed E-state index contributed by atoms with van der Waals surface area (Å²) in [5.74, 6) is 1.35. The van der Waals surface area contributed by atoms with Gasteiger partial charge in [-0.3, -0.25) is 9.69 Å². The quantitative estimate of drug-likeness (QED) is 0.615. The number of thiazole rings is 1. The molecule has 29 heavy (non-hydrogen) atoms. The number of carbonyl (C=O) groups is 1. The van der Waals surface area contributed by atoms with Gasteiger partial charge in [0.05, 0.1) is 32.5 Å². The summed E-state index contributed by atoms with van der Waals surface area (Å²) in [7, 11) is 3.23. The molecule has 2 N–H and O–H groups in total. The molecular weight excluding hydrogens is 388 g/mol. The number of benzene rings is 1. The van der Waals surface area contributed by atoms with E-state index in [2.05, 4.69) is 26.3 Å². The van der Waals surface area contributed by atoms with E-state index in [1.165, 1.54) is 17.0 Å². The number of rotatable bonds is 7. The first-order valence-electron chi connectivity index (χ1n) is 9.53. The number of aromatic nitrogens is 2. The minimum Gasteiger partial charge on any atom is -0.497 e. The summed E-state index contributed by atoms with van der Waals surface area (Å²) in [6, 6.07) is 9.94. The zero-order valence-corrected chi connectivity index (χ0v) is 17.3. The SMILES string of the molecule is COc1ccc(-c2csc(NC(=O)CN3CCCC3c3ccc[nH]3)n2)c(OC)c1. The molecule has 1 aliphatic rings. The van der Waals surface area contributed by atoms with Crippen molar-refractivity contribution in [1.29, 1.82) is 0 Å². The van der Waals surface area contributed by atoms with Crippen molar-refractivity contribution in [2.24, 2.45) is 0 Å². The maximum atomic E-state index is 12.6. The van der Waals surface area contributed by atoms with E-state index in [-0.39, 0.29) is 11.9 Å². The Morgan fingerprint density at radius 1 is 1.34 bits per heavy atom. The molecule has 4 rings (SSSR count). The fraction of sp³-hybridized carbons (Fsp3) is 0.333. The van der Waals surface area contributed by atoms with E-state index in [0.717, 1.165) is 36.4 Å². The summed E-state index contributed by atoms with van der Waals surface area (Å²) in [4.78, 5) is 22.6. The molecule has 7 nitrogen and oxygen atoms in total. The molecule has 1 fully saturated rings. The molecule has 152 valence electrons. The first kappa shape index (κ1) is 19.5. The summed E-state index contributed by atoms with van der Waals surface area (Å²) < 4.78 is 10.7. The van der Waals surface area contributed by atoms with Crippen LogP contribution >= 0.6 is 11.3 Å². The second kappa shape index (κ2) is 8.67. The van der Waals surface area contributed by atoms with Gasteiger partial charge in [-0.25, -0.2) is 4.98 Å². The molecule has 1 unspecified atom stereocenters. The van der Waals surface area contributed by atoms with Gasteiger partial charge in [0.25, 0.3) is 0 Å². The first-order valence-corrected chi connectivity index (χ1v) is 10.4. The van der Waals surface area contributed by atoms with E-state index >= 15 is 0 Å². The standard InChI is InChI=1S/C21H24N4O3S/c1-27-14-7-8-15(19(11-14)28-2)17-13-29-21(23-17)24-20(26)12-25-10-4-6-18(25)16-5-3-9-22-16/h3,5,7-9,11,13,18,22H,4,6,10,12H2,1-2H3,(H,23,24,26). The highest BCUT2D eigenvalue weighted by Gasteiger charge is 2.28. The number of aromatic amines is 1. The first-order chi connectivity index (χ1) is 14.2. The summed E-state index contributed by atoms with van der Waals surface area (Å²) in [6.07, 6.45) is 4.08. The molecular formula is C21H24N4O3S. The molecule has 1 saturated heterocycles. The van der Waals surface area contributed by atoms with Gasteiger partial charge in [-0.1, -0.05) is 0 Å². The van der Waals surface area contributed by atoms with E-state index in [0.29, 0.717) is 17.4 Å². The lowest BCUT2D eigenvalue weighted by Gasteiger charge is -2.22.